The maximum atomic E-state index is 12.5. The largest absolute Gasteiger partial charge is 0.434 e. The normalized spacial score (nSPS) is 21.7. The molecule has 0 aromatic heterocycles. The van der Waals surface area contributed by atoms with Crippen molar-refractivity contribution in [1.29, 1.82) is 0 Å². The fourth-order valence-corrected chi connectivity index (χ4v) is 3.03. The number of halogens is 2. The summed E-state index contributed by atoms with van der Waals surface area (Å²) in [5.41, 5.74) is 2.10. The average Bonchev–Trinajstić information content (AvgIpc) is 2.94. The molecule has 0 saturated heterocycles. The summed E-state index contributed by atoms with van der Waals surface area (Å²) < 4.78 is 29.2. The van der Waals surface area contributed by atoms with Gasteiger partial charge in [0.05, 0.1) is 5.92 Å². The van der Waals surface area contributed by atoms with Crippen LogP contribution in [0.15, 0.2) is 29.8 Å². The van der Waals surface area contributed by atoms with Crippen LogP contribution < -0.4 is 10.1 Å². The number of nitrogens with one attached hydrogen (secondary N) is 1. The first-order chi connectivity index (χ1) is 10.6. The summed E-state index contributed by atoms with van der Waals surface area (Å²) in [7, 11) is 0. The third kappa shape index (κ3) is 3.71. The van der Waals surface area contributed by atoms with Gasteiger partial charge in [0.15, 0.2) is 0 Å². The first-order valence-electron chi connectivity index (χ1n) is 7.65. The van der Waals surface area contributed by atoms with Crippen LogP contribution in [0, 0.1) is 24.2 Å². The van der Waals surface area contributed by atoms with Crippen molar-refractivity contribution in [2.75, 3.05) is 5.32 Å². The number of hydrogen-bond donors (Lipinski definition) is 1. The first-order valence-corrected chi connectivity index (χ1v) is 7.65. The molecule has 0 heterocycles. The molecule has 1 fully saturated rings. The van der Waals surface area contributed by atoms with Crippen molar-refractivity contribution in [1.82, 2.24) is 0 Å². The summed E-state index contributed by atoms with van der Waals surface area (Å²) >= 11 is 0. The lowest BCUT2D eigenvalue weighted by molar-refractivity contribution is -0.118. The van der Waals surface area contributed by atoms with Crippen LogP contribution >= 0.6 is 0 Å². The Hall–Kier alpha value is -1.91. The quantitative estimate of drug-likeness (QED) is 0.792. The molecule has 23 heavy (non-hydrogen) atoms. The Morgan fingerprint density at radius 1 is 1.35 bits per heavy atom. The summed E-state index contributed by atoms with van der Waals surface area (Å²) in [6.45, 7) is 6.91. The summed E-state index contributed by atoms with van der Waals surface area (Å²) in [5, 5.41) is 2.85. The van der Waals surface area contributed by atoms with Gasteiger partial charge in [0.25, 0.3) is 0 Å². The zero-order chi connectivity index (χ0) is 17.4. The van der Waals surface area contributed by atoms with Crippen LogP contribution in [0.2, 0.25) is 0 Å². The van der Waals surface area contributed by atoms with Gasteiger partial charge in [-0.15, -0.1) is 0 Å². The zero-order valence-corrected chi connectivity index (χ0v) is 14.1. The van der Waals surface area contributed by atoms with E-state index in [9.17, 15) is 13.6 Å². The molecule has 0 spiro atoms. The molecule has 1 aliphatic rings. The number of carbonyl (C=O) groups is 1. The average molecular weight is 323 g/mol. The van der Waals surface area contributed by atoms with E-state index < -0.39 is 6.61 Å². The lowest BCUT2D eigenvalue weighted by atomic mass is 10.1. The number of rotatable bonds is 5. The molecule has 3 nitrogen and oxygen atoms in total. The summed E-state index contributed by atoms with van der Waals surface area (Å²) in [5.74, 6) is 0.0771. The Bertz CT molecular complexity index is 634. The number of anilines is 1. The summed E-state index contributed by atoms with van der Waals surface area (Å²) in [4.78, 5) is 12.5. The highest BCUT2D eigenvalue weighted by atomic mass is 19.3. The first kappa shape index (κ1) is 17.4. The van der Waals surface area contributed by atoms with Gasteiger partial charge in [-0.25, -0.2) is 0 Å². The van der Waals surface area contributed by atoms with E-state index in [-0.39, 0.29) is 28.9 Å². The van der Waals surface area contributed by atoms with Crippen molar-refractivity contribution in [2.45, 2.75) is 41.2 Å². The number of hydrogen-bond acceptors (Lipinski definition) is 2. The Balaban J connectivity index is 2.14. The second-order valence-electron chi connectivity index (χ2n) is 6.87. The van der Waals surface area contributed by atoms with Crippen LogP contribution in [0.5, 0.6) is 5.75 Å². The zero-order valence-electron chi connectivity index (χ0n) is 14.1. The number of ether oxygens (including phenoxy) is 1. The Morgan fingerprint density at radius 3 is 2.57 bits per heavy atom. The molecule has 1 aliphatic carbocycles. The van der Waals surface area contributed by atoms with E-state index in [2.05, 4.69) is 30.0 Å². The van der Waals surface area contributed by atoms with Crippen molar-refractivity contribution < 1.29 is 18.3 Å². The second-order valence-corrected chi connectivity index (χ2v) is 6.87. The molecule has 2 rings (SSSR count). The Kier molecular flexibility index (Phi) is 4.78. The second kappa shape index (κ2) is 6.30. The van der Waals surface area contributed by atoms with E-state index in [0.29, 0.717) is 11.3 Å². The van der Waals surface area contributed by atoms with Gasteiger partial charge in [-0.05, 0) is 44.2 Å². The smallest absolute Gasteiger partial charge is 0.387 e. The number of carbonyl (C=O) groups excluding carboxylic acids is 1. The predicted molar refractivity (Wildman–Crippen MR) is 86.6 cm³/mol. The Morgan fingerprint density at radius 2 is 2.00 bits per heavy atom. The number of amides is 1. The minimum absolute atomic E-state index is 0.0775. The summed E-state index contributed by atoms with van der Waals surface area (Å²) in [6, 6.07) is 4.74. The van der Waals surface area contributed by atoms with E-state index in [4.69, 9.17) is 0 Å². The number of allylic oxidation sites excluding steroid dienone is 2. The van der Waals surface area contributed by atoms with E-state index in [1.807, 2.05) is 13.8 Å². The minimum atomic E-state index is -2.89. The van der Waals surface area contributed by atoms with Crippen LogP contribution in [0.1, 0.15) is 33.3 Å². The fourth-order valence-electron chi connectivity index (χ4n) is 3.03. The monoisotopic (exact) mass is 323 g/mol. The molecule has 0 aliphatic heterocycles. The molecule has 2 atom stereocenters. The van der Waals surface area contributed by atoms with Gasteiger partial charge in [0.2, 0.25) is 5.91 Å². The van der Waals surface area contributed by atoms with Gasteiger partial charge in [-0.2, -0.15) is 8.78 Å². The molecule has 5 heteroatoms. The third-order valence-corrected chi connectivity index (χ3v) is 4.46. The van der Waals surface area contributed by atoms with E-state index in [1.54, 1.807) is 19.1 Å². The topological polar surface area (TPSA) is 38.3 Å². The van der Waals surface area contributed by atoms with Crippen molar-refractivity contribution in [3.05, 3.63) is 35.4 Å². The molecule has 0 radical (unpaired) electrons. The molecule has 1 N–H and O–H groups in total. The van der Waals surface area contributed by atoms with Gasteiger partial charge in [0, 0.05) is 11.3 Å². The third-order valence-electron chi connectivity index (χ3n) is 4.46. The van der Waals surface area contributed by atoms with Crippen LogP contribution in [0.25, 0.3) is 0 Å². The van der Waals surface area contributed by atoms with E-state index >= 15 is 0 Å². The van der Waals surface area contributed by atoms with Crippen LogP contribution in [-0.2, 0) is 4.79 Å². The van der Waals surface area contributed by atoms with Gasteiger partial charge < -0.3 is 10.1 Å². The van der Waals surface area contributed by atoms with E-state index in [0.717, 1.165) is 0 Å². The number of benzene rings is 1. The molecular weight excluding hydrogens is 300 g/mol. The van der Waals surface area contributed by atoms with E-state index in [1.165, 1.54) is 11.6 Å². The highest BCUT2D eigenvalue weighted by Gasteiger charge is 2.60. The van der Waals surface area contributed by atoms with Gasteiger partial charge in [-0.3, -0.25) is 4.79 Å². The molecule has 126 valence electrons. The molecule has 1 aromatic carbocycles. The van der Waals surface area contributed by atoms with Crippen molar-refractivity contribution in [3.63, 3.8) is 0 Å². The maximum absolute atomic E-state index is 12.5. The Labute approximate surface area is 135 Å². The van der Waals surface area contributed by atoms with Gasteiger partial charge in [-0.1, -0.05) is 31.6 Å². The molecule has 1 aromatic rings. The lowest BCUT2D eigenvalue weighted by Crippen LogP contribution is -2.18. The van der Waals surface area contributed by atoms with Crippen molar-refractivity contribution in [2.24, 2.45) is 17.3 Å². The van der Waals surface area contributed by atoms with Crippen LogP contribution in [0.3, 0.4) is 0 Å². The SMILES string of the molecule is CC(C)=C[C@@H]1[C@@H](C(=O)Nc2cccc(OC(F)F)c2C)C1(C)C. The fraction of sp³-hybridized carbons (Fsp3) is 0.500. The molecule has 1 amide bonds. The highest BCUT2D eigenvalue weighted by molar-refractivity contribution is 5.96. The lowest BCUT2D eigenvalue weighted by Gasteiger charge is -2.13. The van der Waals surface area contributed by atoms with Crippen LogP contribution in [-0.4, -0.2) is 12.5 Å². The molecule has 0 unspecified atom stereocenters. The standard InChI is InChI=1S/C18H23F2NO2/c1-10(2)9-12-15(18(12,4)5)16(22)21-13-7-6-8-14(11(13)3)23-17(19)20/h6-9,12,15,17H,1-5H3,(H,21,22)/t12-,15+/m1/s1. The highest BCUT2D eigenvalue weighted by Crippen LogP contribution is 2.59. The van der Waals surface area contributed by atoms with Gasteiger partial charge >= 0.3 is 6.61 Å². The molecule has 0 bridgehead atoms. The van der Waals surface area contributed by atoms with Crippen molar-refractivity contribution in [3.8, 4) is 5.75 Å². The predicted octanol–water partition coefficient (Wildman–Crippen LogP) is 4.77. The number of alkyl halides is 2. The minimum Gasteiger partial charge on any atom is -0.434 e. The summed E-state index contributed by atoms with van der Waals surface area (Å²) in [6.07, 6.45) is 2.12. The van der Waals surface area contributed by atoms with Crippen LogP contribution in [0.4, 0.5) is 14.5 Å². The molecule has 1 saturated carbocycles. The maximum Gasteiger partial charge on any atom is 0.387 e. The van der Waals surface area contributed by atoms with Crippen molar-refractivity contribution >= 4 is 11.6 Å². The van der Waals surface area contributed by atoms with Gasteiger partial charge in [0.1, 0.15) is 5.75 Å². The molecular formula is C18H23F2NO2.